The van der Waals surface area contributed by atoms with Gasteiger partial charge < -0.3 is 10.1 Å². The molecule has 0 aromatic heterocycles. The molecule has 0 saturated carbocycles. The van der Waals surface area contributed by atoms with E-state index in [-0.39, 0.29) is 17.4 Å². The molecule has 1 N–H and O–H groups in total. The average Bonchev–Trinajstić information content (AvgIpc) is 3.00. The van der Waals surface area contributed by atoms with Crippen molar-refractivity contribution >= 4 is 28.8 Å². The minimum atomic E-state index is -0.501. The number of para-hydroxylation sites is 2. The van der Waals surface area contributed by atoms with Gasteiger partial charge in [-0.25, -0.2) is 9.29 Å². The quantitative estimate of drug-likeness (QED) is 0.501. The van der Waals surface area contributed by atoms with Crippen LogP contribution < -0.4 is 15.0 Å². The summed E-state index contributed by atoms with van der Waals surface area (Å²) < 4.78 is 19.4. The Morgan fingerprint density at radius 2 is 1.61 bits per heavy atom. The first-order chi connectivity index (χ1) is 15.8. The number of rotatable bonds is 6. The fourth-order valence-corrected chi connectivity index (χ4v) is 3.83. The van der Waals surface area contributed by atoms with Gasteiger partial charge in [0.25, 0.3) is 11.8 Å². The molecule has 1 aliphatic rings. The molecular formula is C27H25FN2O3. The molecule has 0 spiro atoms. The van der Waals surface area contributed by atoms with Crippen LogP contribution >= 0.6 is 0 Å². The lowest BCUT2D eigenvalue weighted by molar-refractivity contribution is -0.120. The lowest BCUT2D eigenvalue weighted by Gasteiger charge is -2.20. The molecule has 0 radical (unpaired) electrons. The fraction of sp³-hybridized carbons (Fsp3) is 0.185. The van der Waals surface area contributed by atoms with Crippen LogP contribution in [0.15, 0.2) is 72.4 Å². The van der Waals surface area contributed by atoms with Gasteiger partial charge in [-0.3, -0.25) is 9.59 Å². The summed E-state index contributed by atoms with van der Waals surface area (Å²) in [5.41, 5.74) is 3.86. The maximum Gasteiger partial charge on any atom is 0.282 e. The third-order valence-electron chi connectivity index (χ3n) is 5.33. The molecule has 4 rings (SSSR count). The SMILES string of the molecule is Cc1ccc(NC2=C(c3ccc(F)cc3)C(=O)N(c3ccccc3OC(C)C)C2=O)c(C)c1. The van der Waals surface area contributed by atoms with Gasteiger partial charge in [0.1, 0.15) is 17.3 Å². The van der Waals surface area contributed by atoms with E-state index in [4.69, 9.17) is 4.74 Å². The second-order valence-corrected chi connectivity index (χ2v) is 8.28. The van der Waals surface area contributed by atoms with Crippen molar-refractivity contribution in [2.24, 2.45) is 0 Å². The number of nitrogens with zero attached hydrogens (tertiary/aromatic N) is 1. The zero-order chi connectivity index (χ0) is 23.7. The smallest absolute Gasteiger partial charge is 0.282 e. The molecule has 0 fully saturated rings. The van der Waals surface area contributed by atoms with Crippen LogP contribution in [-0.4, -0.2) is 17.9 Å². The van der Waals surface area contributed by atoms with Gasteiger partial charge in [-0.15, -0.1) is 0 Å². The van der Waals surface area contributed by atoms with E-state index in [1.54, 1.807) is 24.3 Å². The van der Waals surface area contributed by atoms with Crippen LogP contribution in [-0.2, 0) is 9.59 Å². The molecule has 33 heavy (non-hydrogen) atoms. The molecule has 5 nitrogen and oxygen atoms in total. The monoisotopic (exact) mass is 444 g/mol. The number of halogens is 1. The fourth-order valence-electron chi connectivity index (χ4n) is 3.83. The Morgan fingerprint density at radius 1 is 0.909 bits per heavy atom. The Morgan fingerprint density at radius 3 is 2.27 bits per heavy atom. The van der Waals surface area contributed by atoms with Crippen molar-refractivity contribution in [3.05, 3.63) is 94.9 Å². The Balaban J connectivity index is 1.84. The van der Waals surface area contributed by atoms with Crippen molar-refractivity contribution in [1.82, 2.24) is 0 Å². The number of hydrogen-bond acceptors (Lipinski definition) is 4. The number of amides is 2. The van der Waals surface area contributed by atoms with E-state index in [0.29, 0.717) is 22.7 Å². The number of carbonyl (C=O) groups is 2. The van der Waals surface area contributed by atoms with Crippen LogP contribution in [0.25, 0.3) is 5.57 Å². The van der Waals surface area contributed by atoms with E-state index >= 15 is 0 Å². The highest BCUT2D eigenvalue weighted by atomic mass is 19.1. The van der Waals surface area contributed by atoms with Crippen LogP contribution in [0, 0.1) is 19.7 Å². The highest BCUT2D eigenvalue weighted by Crippen LogP contribution is 2.38. The number of anilines is 2. The van der Waals surface area contributed by atoms with Gasteiger partial charge in [-0.2, -0.15) is 0 Å². The second kappa shape index (κ2) is 8.90. The van der Waals surface area contributed by atoms with E-state index in [1.165, 1.54) is 24.3 Å². The lowest BCUT2D eigenvalue weighted by atomic mass is 10.0. The summed E-state index contributed by atoms with van der Waals surface area (Å²) in [5.74, 6) is -0.995. The van der Waals surface area contributed by atoms with E-state index in [2.05, 4.69) is 5.32 Å². The van der Waals surface area contributed by atoms with Crippen molar-refractivity contribution in [3.8, 4) is 5.75 Å². The van der Waals surface area contributed by atoms with Crippen LogP contribution in [0.3, 0.4) is 0 Å². The highest BCUT2D eigenvalue weighted by Gasteiger charge is 2.41. The Hall–Kier alpha value is -3.93. The van der Waals surface area contributed by atoms with Gasteiger partial charge in [-0.05, 0) is 69.2 Å². The van der Waals surface area contributed by atoms with Crippen LogP contribution in [0.4, 0.5) is 15.8 Å². The molecule has 2 amide bonds. The first-order valence-corrected chi connectivity index (χ1v) is 10.7. The van der Waals surface area contributed by atoms with E-state index in [9.17, 15) is 14.0 Å². The Kier molecular flexibility index (Phi) is 6.01. The molecule has 1 heterocycles. The van der Waals surface area contributed by atoms with Crippen molar-refractivity contribution in [2.75, 3.05) is 10.2 Å². The molecule has 0 unspecified atom stereocenters. The maximum absolute atomic E-state index is 13.6. The zero-order valence-electron chi connectivity index (χ0n) is 19.0. The lowest BCUT2D eigenvalue weighted by Crippen LogP contribution is -2.33. The molecular weight excluding hydrogens is 419 g/mol. The minimum Gasteiger partial charge on any atom is -0.489 e. The third-order valence-corrected chi connectivity index (χ3v) is 5.33. The predicted octanol–water partition coefficient (Wildman–Crippen LogP) is 5.63. The van der Waals surface area contributed by atoms with E-state index in [1.807, 2.05) is 45.9 Å². The molecule has 0 saturated heterocycles. The molecule has 3 aromatic carbocycles. The first-order valence-electron chi connectivity index (χ1n) is 10.7. The first kappa shape index (κ1) is 22.3. The van der Waals surface area contributed by atoms with Crippen LogP contribution in [0.1, 0.15) is 30.5 Å². The molecule has 1 aliphatic heterocycles. The highest BCUT2D eigenvalue weighted by molar-refractivity contribution is 6.46. The molecule has 168 valence electrons. The second-order valence-electron chi connectivity index (χ2n) is 8.28. The number of benzene rings is 3. The summed E-state index contributed by atoms with van der Waals surface area (Å²) in [6.07, 6.45) is -0.142. The topological polar surface area (TPSA) is 58.6 Å². The van der Waals surface area contributed by atoms with E-state index in [0.717, 1.165) is 16.0 Å². The van der Waals surface area contributed by atoms with Gasteiger partial charge in [0.2, 0.25) is 0 Å². The standard InChI is InChI=1S/C27H25FN2O3/c1-16(2)33-23-8-6-5-7-22(23)30-26(31)24(19-10-12-20(28)13-11-19)25(27(30)32)29-21-14-9-17(3)15-18(21)4/h5-16,29H,1-4H3. The van der Waals surface area contributed by atoms with Gasteiger partial charge in [-0.1, -0.05) is 42.0 Å². The largest absolute Gasteiger partial charge is 0.489 e. The van der Waals surface area contributed by atoms with Gasteiger partial charge in [0, 0.05) is 5.69 Å². The minimum absolute atomic E-state index is 0.137. The number of nitrogens with one attached hydrogen (secondary N) is 1. The summed E-state index contributed by atoms with van der Waals surface area (Å²) in [6.45, 7) is 7.66. The number of aryl methyl sites for hydroxylation is 2. The predicted molar refractivity (Wildman–Crippen MR) is 128 cm³/mol. The Labute approximate surface area is 192 Å². The summed E-state index contributed by atoms with van der Waals surface area (Å²) in [7, 11) is 0. The van der Waals surface area contributed by atoms with Crippen molar-refractivity contribution in [2.45, 2.75) is 33.8 Å². The summed E-state index contributed by atoms with van der Waals surface area (Å²) >= 11 is 0. The number of ether oxygens (including phenoxy) is 1. The maximum atomic E-state index is 13.6. The molecule has 0 aliphatic carbocycles. The zero-order valence-corrected chi connectivity index (χ0v) is 19.0. The van der Waals surface area contributed by atoms with Gasteiger partial charge >= 0.3 is 0 Å². The van der Waals surface area contributed by atoms with Crippen molar-refractivity contribution < 1.29 is 18.7 Å². The summed E-state index contributed by atoms with van der Waals surface area (Å²) in [4.78, 5) is 28.4. The number of carbonyl (C=O) groups excluding carboxylic acids is 2. The average molecular weight is 445 g/mol. The number of imide groups is 1. The molecule has 0 atom stereocenters. The van der Waals surface area contributed by atoms with Crippen LogP contribution in [0.2, 0.25) is 0 Å². The summed E-state index contributed by atoms with van der Waals surface area (Å²) in [5, 5.41) is 3.17. The molecule has 0 bridgehead atoms. The Bertz CT molecular complexity index is 1260. The number of hydrogen-bond donors (Lipinski definition) is 1. The molecule has 3 aromatic rings. The summed E-state index contributed by atoms with van der Waals surface area (Å²) in [6, 6.07) is 18.3. The van der Waals surface area contributed by atoms with Gasteiger partial charge in [0.15, 0.2) is 0 Å². The molecule has 6 heteroatoms. The van der Waals surface area contributed by atoms with Crippen molar-refractivity contribution in [1.29, 1.82) is 0 Å². The van der Waals surface area contributed by atoms with Gasteiger partial charge in [0.05, 0.1) is 17.4 Å². The van der Waals surface area contributed by atoms with E-state index < -0.39 is 17.6 Å². The van der Waals surface area contributed by atoms with Crippen molar-refractivity contribution in [3.63, 3.8) is 0 Å². The van der Waals surface area contributed by atoms with Crippen LogP contribution in [0.5, 0.6) is 5.75 Å². The normalized spacial score (nSPS) is 13.8. The third kappa shape index (κ3) is 4.37.